The average molecular weight is 409 g/mol. The number of fused-ring (bicyclic) bond motifs is 1. The second-order valence-corrected chi connectivity index (χ2v) is 6.91. The number of hydrogen-bond acceptors (Lipinski definition) is 7. The lowest BCUT2D eigenvalue weighted by molar-refractivity contribution is 0.1000. The highest BCUT2D eigenvalue weighted by Gasteiger charge is 2.19. The highest BCUT2D eigenvalue weighted by molar-refractivity contribution is 6.00. The van der Waals surface area contributed by atoms with Gasteiger partial charge in [0.25, 0.3) is 5.91 Å². The molecule has 0 aliphatic heterocycles. The Labute approximate surface area is 174 Å². The van der Waals surface area contributed by atoms with Crippen molar-refractivity contribution in [3.05, 3.63) is 51.8 Å². The number of nitrogens with one attached hydrogen (secondary N) is 1. The molecule has 158 valence electrons. The van der Waals surface area contributed by atoms with Gasteiger partial charge in [-0.25, -0.2) is 4.98 Å². The van der Waals surface area contributed by atoms with Gasteiger partial charge in [-0.2, -0.15) is 4.98 Å². The summed E-state index contributed by atoms with van der Waals surface area (Å²) in [4.78, 5) is 35.3. The molecule has 0 radical (unpaired) electrons. The van der Waals surface area contributed by atoms with Crippen molar-refractivity contribution in [2.24, 2.45) is 5.73 Å². The summed E-state index contributed by atoms with van der Waals surface area (Å²) in [5.74, 6) is -0.534. The van der Waals surface area contributed by atoms with Crippen LogP contribution in [0, 0.1) is 0 Å². The van der Waals surface area contributed by atoms with E-state index in [0.717, 1.165) is 25.3 Å². The highest BCUT2D eigenvalue weighted by atomic mass is 16.2. The molecule has 5 N–H and O–H groups in total. The number of aromatic nitrogens is 3. The molecule has 0 aliphatic carbocycles. The molecule has 3 aromatic rings. The van der Waals surface area contributed by atoms with Crippen molar-refractivity contribution in [3.63, 3.8) is 0 Å². The van der Waals surface area contributed by atoms with Crippen LogP contribution in [-0.4, -0.2) is 38.4 Å². The van der Waals surface area contributed by atoms with Crippen LogP contribution in [-0.2, 0) is 13.1 Å². The maximum absolute atomic E-state index is 12.6. The second kappa shape index (κ2) is 8.91. The Morgan fingerprint density at radius 2 is 1.83 bits per heavy atom. The third-order valence-corrected chi connectivity index (χ3v) is 5.12. The molecule has 9 heteroatoms. The zero-order chi connectivity index (χ0) is 21.8. The largest absolute Gasteiger partial charge is 0.384 e. The summed E-state index contributed by atoms with van der Waals surface area (Å²) in [6, 6.07) is 8.04. The maximum Gasteiger partial charge on any atom is 0.256 e. The van der Waals surface area contributed by atoms with E-state index in [4.69, 9.17) is 11.5 Å². The molecule has 0 bridgehead atoms. The van der Waals surface area contributed by atoms with Gasteiger partial charge in [-0.1, -0.05) is 26.0 Å². The number of nitrogens with zero attached hydrogens (tertiary/aromatic N) is 4. The van der Waals surface area contributed by atoms with E-state index in [2.05, 4.69) is 46.2 Å². The predicted molar refractivity (Wildman–Crippen MR) is 119 cm³/mol. The number of primary amides is 1. The molecule has 30 heavy (non-hydrogen) atoms. The molecule has 9 nitrogen and oxygen atoms in total. The average Bonchev–Trinajstić information content (AvgIpc) is 2.73. The number of rotatable bonds is 8. The fourth-order valence-electron chi connectivity index (χ4n) is 3.39. The van der Waals surface area contributed by atoms with Crippen molar-refractivity contribution in [2.45, 2.75) is 33.9 Å². The fraction of sp³-hybridized carbons (Fsp3) is 0.333. The van der Waals surface area contributed by atoms with Crippen molar-refractivity contribution >= 4 is 34.4 Å². The topological polar surface area (TPSA) is 132 Å². The first-order valence-corrected chi connectivity index (χ1v) is 9.96. The third kappa shape index (κ3) is 4.11. The molecule has 1 amide bonds. The van der Waals surface area contributed by atoms with Gasteiger partial charge in [0.15, 0.2) is 5.65 Å². The zero-order valence-corrected chi connectivity index (χ0v) is 17.5. The predicted octanol–water partition coefficient (Wildman–Crippen LogP) is 2.08. The zero-order valence-electron chi connectivity index (χ0n) is 17.5. The van der Waals surface area contributed by atoms with Gasteiger partial charge in [0.2, 0.25) is 11.4 Å². The molecular weight excluding hydrogens is 382 g/mol. The lowest BCUT2D eigenvalue weighted by Gasteiger charge is -2.18. The van der Waals surface area contributed by atoms with Crippen LogP contribution in [0.2, 0.25) is 0 Å². The van der Waals surface area contributed by atoms with E-state index >= 15 is 0 Å². The first-order valence-electron chi connectivity index (χ1n) is 9.96. The van der Waals surface area contributed by atoms with Crippen molar-refractivity contribution in [2.75, 3.05) is 24.1 Å². The highest BCUT2D eigenvalue weighted by Crippen LogP contribution is 2.20. The van der Waals surface area contributed by atoms with Crippen LogP contribution in [0.4, 0.5) is 17.5 Å². The molecule has 0 fully saturated rings. The van der Waals surface area contributed by atoms with E-state index < -0.39 is 11.3 Å². The van der Waals surface area contributed by atoms with Crippen LogP contribution >= 0.6 is 0 Å². The van der Waals surface area contributed by atoms with Crippen molar-refractivity contribution in [1.82, 2.24) is 19.4 Å². The van der Waals surface area contributed by atoms with Crippen molar-refractivity contribution in [1.29, 1.82) is 0 Å². The van der Waals surface area contributed by atoms with Gasteiger partial charge in [-0.3, -0.25) is 14.5 Å². The Kier molecular flexibility index (Phi) is 6.31. The van der Waals surface area contributed by atoms with E-state index in [-0.39, 0.29) is 16.8 Å². The minimum absolute atomic E-state index is 0.00732. The van der Waals surface area contributed by atoms with Gasteiger partial charge in [0.05, 0.1) is 5.39 Å². The van der Waals surface area contributed by atoms with Gasteiger partial charge < -0.3 is 21.4 Å². The number of benzene rings is 1. The summed E-state index contributed by atoms with van der Waals surface area (Å²) in [5.41, 5.74) is 12.9. The Bertz CT molecular complexity index is 1120. The van der Waals surface area contributed by atoms with Crippen LogP contribution in [0.15, 0.2) is 35.3 Å². The van der Waals surface area contributed by atoms with Crippen molar-refractivity contribution in [3.8, 4) is 0 Å². The number of carbonyl (C=O) groups excluding carboxylic acids is 1. The number of anilines is 3. The monoisotopic (exact) mass is 409 g/mol. The van der Waals surface area contributed by atoms with Crippen LogP contribution in [0.1, 0.15) is 36.7 Å². The molecule has 2 heterocycles. The first-order chi connectivity index (χ1) is 14.4. The molecule has 0 atom stereocenters. The van der Waals surface area contributed by atoms with Crippen LogP contribution in [0.3, 0.4) is 0 Å². The molecule has 0 saturated carbocycles. The lowest BCUT2D eigenvalue weighted by Crippen LogP contribution is -2.28. The van der Waals surface area contributed by atoms with Gasteiger partial charge in [0.1, 0.15) is 11.4 Å². The minimum atomic E-state index is -0.867. The number of amides is 1. The molecular formula is C21H27N7O2. The minimum Gasteiger partial charge on any atom is -0.384 e. The van der Waals surface area contributed by atoms with E-state index in [0.29, 0.717) is 18.1 Å². The summed E-state index contributed by atoms with van der Waals surface area (Å²) < 4.78 is 1.58. The quantitative estimate of drug-likeness (QED) is 0.519. The van der Waals surface area contributed by atoms with Crippen LogP contribution in [0.5, 0.6) is 0 Å². The summed E-state index contributed by atoms with van der Waals surface area (Å²) >= 11 is 0. The fourth-order valence-corrected chi connectivity index (χ4v) is 3.39. The summed E-state index contributed by atoms with van der Waals surface area (Å²) in [6.07, 6.45) is 1.39. The van der Waals surface area contributed by atoms with Gasteiger partial charge in [0, 0.05) is 25.0 Å². The summed E-state index contributed by atoms with van der Waals surface area (Å²) in [5, 5.41) is 3.34. The Hall–Kier alpha value is -3.46. The second-order valence-electron chi connectivity index (χ2n) is 6.91. The number of pyridine rings is 1. The first kappa shape index (κ1) is 21.3. The summed E-state index contributed by atoms with van der Waals surface area (Å²) in [6.45, 7) is 9.44. The molecule has 0 aliphatic rings. The molecule has 3 rings (SSSR count). The molecule has 0 saturated heterocycles. The third-order valence-electron chi connectivity index (χ3n) is 5.12. The Morgan fingerprint density at radius 3 is 2.40 bits per heavy atom. The van der Waals surface area contributed by atoms with Crippen LogP contribution < -0.4 is 22.2 Å². The molecule has 0 unspecified atom stereocenters. The van der Waals surface area contributed by atoms with E-state index in [1.165, 1.54) is 11.8 Å². The SMILES string of the molecule is CCN(CC)Cc1ccc(Nc2ncc3c(=O)c(C(N)=O)c(N)n(CC)c3n2)cc1. The number of carbonyl (C=O) groups is 1. The molecule has 1 aromatic carbocycles. The smallest absolute Gasteiger partial charge is 0.256 e. The van der Waals surface area contributed by atoms with Crippen LogP contribution in [0.25, 0.3) is 11.0 Å². The molecule has 0 spiro atoms. The van der Waals surface area contributed by atoms with Crippen molar-refractivity contribution < 1.29 is 4.79 Å². The summed E-state index contributed by atoms with van der Waals surface area (Å²) in [7, 11) is 0. The normalized spacial score (nSPS) is 11.2. The Morgan fingerprint density at radius 1 is 1.17 bits per heavy atom. The van der Waals surface area contributed by atoms with Gasteiger partial charge >= 0.3 is 0 Å². The standard InChI is InChI=1S/C21H27N7O2/c1-4-27(5-2)12-13-7-9-14(10-8-13)25-21-24-11-15-17(29)16(19(23)30)18(22)28(6-3)20(15)26-21/h7-11H,4-6,12,22H2,1-3H3,(H2,23,30)(H,24,25,26). The maximum atomic E-state index is 12.6. The molecule has 2 aromatic heterocycles. The van der Waals surface area contributed by atoms with E-state index in [9.17, 15) is 9.59 Å². The van der Waals surface area contributed by atoms with Gasteiger partial charge in [-0.15, -0.1) is 0 Å². The number of hydrogen-bond donors (Lipinski definition) is 3. The van der Waals surface area contributed by atoms with Gasteiger partial charge in [-0.05, 0) is 37.7 Å². The van der Waals surface area contributed by atoms with E-state index in [1.54, 1.807) is 4.57 Å². The number of nitrogens with two attached hydrogens (primary N) is 2. The number of aryl methyl sites for hydroxylation is 1. The lowest BCUT2D eigenvalue weighted by atomic mass is 10.1. The van der Waals surface area contributed by atoms with E-state index in [1.807, 2.05) is 19.1 Å². The number of nitrogen functional groups attached to an aromatic ring is 1. The Balaban J connectivity index is 1.93.